The van der Waals surface area contributed by atoms with Gasteiger partial charge in [-0.2, -0.15) is 0 Å². The van der Waals surface area contributed by atoms with Gasteiger partial charge in [-0.05, 0) is 68.1 Å². The number of fused-ring (bicyclic) bond motifs is 1. The van der Waals surface area contributed by atoms with Crippen molar-refractivity contribution in [2.45, 2.75) is 51.5 Å². The van der Waals surface area contributed by atoms with Crippen LogP contribution in [0.25, 0.3) is 0 Å². The van der Waals surface area contributed by atoms with E-state index in [9.17, 15) is 4.79 Å². The lowest BCUT2D eigenvalue weighted by Gasteiger charge is -2.17. The second-order valence-electron chi connectivity index (χ2n) is 7.21. The second kappa shape index (κ2) is 10.1. The Kier molecular flexibility index (Phi) is 7.50. The van der Waals surface area contributed by atoms with Gasteiger partial charge in [-0.15, -0.1) is 11.3 Å². The summed E-state index contributed by atoms with van der Waals surface area (Å²) in [6.45, 7) is 2.05. The fourth-order valence-corrected chi connectivity index (χ4v) is 5.26. The van der Waals surface area contributed by atoms with Gasteiger partial charge in [0.25, 0.3) is 0 Å². The maximum Gasteiger partial charge on any atom is 0.341 e. The molecule has 2 N–H and O–H groups in total. The van der Waals surface area contributed by atoms with E-state index in [0.29, 0.717) is 10.7 Å². The summed E-state index contributed by atoms with van der Waals surface area (Å²) in [7, 11) is 3.08. The Labute approximate surface area is 181 Å². The number of carbonyl (C=O) groups is 1. The van der Waals surface area contributed by atoms with Crippen molar-refractivity contribution in [2.24, 2.45) is 0 Å². The molecule has 1 aliphatic carbocycles. The van der Waals surface area contributed by atoms with Gasteiger partial charge in [-0.1, -0.05) is 25.0 Å². The molecule has 0 aliphatic heterocycles. The number of anilines is 1. The van der Waals surface area contributed by atoms with Crippen LogP contribution in [0.15, 0.2) is 24.3 Å². The van der Waals surface area contributed by atoms with Gasteiger partial charge >= 0.3 is 5.97 Å². The lowest BCUT2D eigenvalue weighted by Crippen LogP contribution is -2.31. The number of hydrogen-bond donors (Lipinski definition) is 2. The predicted molar refractivity (Wildman–Crippen MR) is 122 cm³/mol. The third-order valence-corrected chi connectivity index (χ3v) is 6.68. The van der Waals surface area contributed by atoms with E-state index in [1.54, 1.807) is 18.4 Å². The molecule has 7 heteroatoms. The van der Waals surface area contributed by atoms with Gasteiger partial charge in [0.2, 0.25) is 0 Å². The molecule has 29 heavy (non-hydrogen) atoms. The SMILES string of the molecule is COC(=O)c1c(NC(=S)NC(C)c2ccc(OC)cc2)sc2c1CCCCCC2. The molecular weight excluding hydrogens is 404 g/mol. The van der Waals surface area contributed by atoms with Crippen LogP contribution in [-0.4, -0.2) is 25.3 Å². The fraction of sp³-hybridized carbons (Fsp3) is 0.455. The third-order valence-electron chi connectivity index (χ3n) is 5.25. The average Bonchev–Trinajstić information content (AvgIpc) is 3.03. The average molecular weight is 433 g/mol. The molecule has 1 aromatic carbocycles. The molecule has 1 unspecified atom stereocenters. The van der Waals surface area contributed by atoms with Crippen molar-refractivity contribution in [2.75, 3.05) is 19.5 Å². The van der Waals surface area contributed by atoms with Crippen molar-refractivity contribution >= 4 is 39.6 Å². The van der Waals surface area contributed by atoms with E-state index >= 15 is 0 Å². The zero-order valence-corrected chi connectivity index (χ0v) is 18.8. The van der Waals surface area contributed by atoms with Crippen LogP contribution in [0.3, 0.4) is 0 Å². The van der Waals surface area contributed by atoms with Crippen molar-refractivity contribution < 1.29 is 14.3 Å². The summed E-state index contributed by atoms with van der Waals surface area (Å²) in [4.78, 5) is 13.8. The zero-order chi connectivity index (χ0) is 20.8. The highest BCUT2D eigenvalue weighted by atomic mass is 32.1. The number of nitrogens with one attached hydrogen (secondary N) is 2. The van der Waals surface area contributed by atoms with E-state index in [0.717, 1.165) is 47.6 Å². The van der Waals surface area contributed by atoms with Crippen LogP contribution in [0, 0.1) is 0 Å². The molecule has 0 radical (unpaired) electrons. The molecule has 1 aliphatic rings. The van der Waals surface area contributed by atoms with E-state index < -0.39 is 0 Å². The highest BCUT2D eigenvalue weighted by molar-refractivity contribution is 7.80. The molecule has 2 aromatic rings. The van der Waals surface area contributed by atoms with E-state index in [4.69, 9.17) is 21.7 Å². The standard InChI is InChI=1S/C22H28N2O3S2/c1-14(15-10-12-16(26-2)13-11-15)23-22(28)24-20-19(21(25)27-3)17-8-6-4-5-7-9-18(17)29-20/h10-14H,4-9H2,1-3H3,(H2,23,24,28). The van der Waals surface area contributed by atoms with Gasteiger partial charge in [0.1, 0.15) is 10.8 Å². The fourth-order valence-electron chi connectivity index (χ4n) is 3.64. The summed E-state index contributed by atoms with van der Waals surface area (Å²) in [6.07, 6.45) is 6.63. The summed E-state index contributed by atoms with van der Waals surface area (Å²) in [6, 6.07) is 7.90. The van der Waals surface area contributed by atoms with Crippen LogP contribution >= 0.6 is 23.6 Å². The lowest BCUT2D eigenvalue weighted by atomic mass is 9.96. The lowest BCUT2D eigenvalue weighted by molar-refractivity contribution is 0.0601. The number of carbonyl (C=O) groups excluding carboxylic acids is 1. The quantitative estimate of drug-likeness (QED) is 0.497. The number of benzene rings is 1. The Morgan fingerprint density at radius 2 is 1.79 bits per heavy atom. The zero-order valence-electron chi connectivity index (χ0n) is 17.2. The Morgan fingerprint density at radius 3 is 2.45 bits per heavy atom. The highest BCUT2D eigenvalue weighted by Crippen LogP contribution is 2.37. The molecule has 3 rings (SSSR count). The largest absolute Gasteiger partial charge is 0.497 e. The predicted octanol–water partition coefficient (Wildman–Crippen LogP) is 5.25. The van der Waals surface area contributed by atoms with Crippen molar-refractivity contribution in [1.82, 2.24) is 5.32 Å². The van der Waals surface area contributed by atoms with E-state index in [2.05, 4.69) is 10.6 Å². The number of hydrogen-bond acceptors (Lipinski definition) is 5. The molecule has 156 valence electrons. The van der Waals surface area contributed by atoms with Gasteiger partial charge in [0.15, 0.2) is 5.11 Å². The smallest absolute Gasteiger partial charge is 0.341 e. The molecule has 0 saturated carbocycles. The van der Waals surface area contributed by atoms with E-state index in [-0.39, 0.29) is 12.0 Å². The topological polar surface area (TPSA) is 59.6 Å². The first-order valence-corrected chi connectivity index (χ1v) is 11.2. The van der Waals surface area contributed by atoms with Gasteiger partial charge in [-0.25, -0.2) is 4.79 Å². The number of esters is 1. The molecule has 0 spiro atoms. The Balaban J connectivity index is 1.76. The summed E-state index contributed by atoms with van der Waals surface area (Å²) in [5, 5.41) is 7.84. The first-order valence-electron chi connectivity index (χ1n) is 9.97. The Hall–Kier alpha value is -2.12. The molecule has 1 heterocycles. The number of thiophene rings is 1. The van der Waals surface area contributed by atoms with Crippen LogP contribution in [0.2, 0.25) is 0 Å². The van der Waals surface area contributed by atoms with Crippen molar-refractivity contribution in [3.05, 3.63) is 45.8 Å². The number of aryl methyl sites for hydroxylation is 1. The summed E-state index contributed by atoms with van der Waals surface area (Å²) < 4.78 is 10.3. The highest BCUT2D eigenvalue weighted by Gasteiger charge is 2.25. The van der Waals surface area contributed by atoms with Gasteiger partial charge in [-0.3, -0.25) is 0 Å². The molecule has 0 fully saturated rings. The minimum absolute atomic E-state index is 0.0171. The van der Waals surface area contributed by atoms with Crippen LogP contribution in [0.4, 0.5) is 5.00 Å². The van der Waals surface area contributed by atoms with Crippen molar-refractivity contribution in [1.29, 1.82) is 0 Å². The Morgan fingerprint density at radius 1 is 1.10 bits per heavy atom. The van der Waals surface area contributed by atoms with Crippen LogP contribution < -0.4 is 15.4 Å². The summed E-state index contributed by atoms with van der Waals surface area (Å²) in [5.74, 6) is 0.525. The number of thiocarbonyl (C=S) groups is 1. The Bertz CT molecular complexity index is 862. The van der Waals surface area contributed by atoms with Gasteiger partial charge < -0.3 is 20.1 Å². The molecule has 5 nitrogen and oxygen atoms in total. The van der Waals surface area contributed by atoms with Gasteiger partial charge in [0, 0.05) is 4.88 Å². The molecule has 0 saturated heterocycles. The van der Waals surface area contributed by atoms with Crippen molar-refractivity contribution in [3.63, 3.8) is 0 Å². The maximum atomic E-state index is 12.5. The molecule has 1 atom stereocenters. The molecule has 0 amide bonds. The van der Waals surface area contributed by atoms with Crippen LogP contribution in [0.5, 0.6) is 5.75 Å². The maximum absolute atomic E-state index is 12.5. The normalized spacial score (nSPS) is 14.7. The molecular formula is C22H28N2O3S2. The van der Waals surface area contributed by atoms with Crippen molar-refractivity contribution in [3.8, 4) is 5.75 Å². The molecule has 1 aromatic heterocycles. The molecule has 0 bridgehead atoms. The van der Waals surface area contributed by atoms with Gasteiger partial charge in [0.05, 0.1) is 25.8 Å². The minimum atomic E-state index is -0.295. The second-order valence-corrected chi connectivity index (χ2v) is 8.72. The number of methoxy groups -OCH3 is 2. The summed E-state index contributed by atoms with van der Waals surface area (Å²) >= 11 is 7.17. The first-order chi connectivity index (χ1) is 14.0. The summed E-state index contributed by atoms with van der Waals surface area (Å²) in [5.41, 5.74) is 2.88. The monoisotopic (exact) mass is 432 g/mol. The first kappa shape index (κ1) is 21.6. The minimum Gasteiger partial charge on any atom is -0.497 e. The third kappa shape index (κ3) is 5.28. The van der Waals surface area contributed by atoms with E-state index in [1.807, 2.05) is 31.2 Å². The number of rotatable bonds is 5. The number of ether oxygens (including phenoxy) is 2. The van der Waals surface area contributed by atoms with Crippen LogP contribution in [0.1, 0.15) is 65.0 Å². The van der Waals surface area contributed by atoms with E-state index in [1.165, 1.54) is 24.8 Å². The van der Waals surface area contributed by atoms with Crippen LogP contribution in [-0.2, 0) is 17.6 Å².